The lowest BCUT2D eigenvalue weighted by Crippen LogP contribution is -2.36. The molecule has 0 aromatic carbocycles. The standard InChI is InChI=1S/C15H29NO4/c1-10(14(3,4)5)12(17)19-16(9)20-13(18)11(2)15(6,7)8/h10-11H,1-9H3. The molecule has 0 aromatic rings. The highest BCUT2D eigenvalue weighted by molar-refractivity contribution is 5.74. The molecule has 2 atom stereocenters. The lowest BCUT2D eigenvalue weighted by Gasteiger charge is -2.28. The van der Waals surface area contributed by atoms with Gasteiger partial charge in [0.25, 0.3) is 0 Å². The number of carbonyl (C=O) groups excluding carboxylic acids is 2. The summed E-state index contributed by atoms with van der Waals surface area (Å²) in [5, 5.41) is 0.842. The molecule has 0 heterocycles. The molecule has 0 aliphatic carbocycles. The molecule has 0 fully saturated rings. The van der Waals surface area contributed by atoms with Gasteiger partial charge in [0.2, 0.25) is 0 Å². The Morgan fingerprint density at radius 3 is 1.25 bits per heavy atom. The van der Waals surface area contributed by atoms with Crippen LogP contribution < -0.4 is 0 Å². The van der Waals surface area contributed by atoms with E-state index in [2.05, 4.69) is 0 Å². The van der Waals surface area contributed by atoms with Crippen LogP contribution in [0, 0.1) is 22.7 Å². The zero-order valence-corrected chi connectivity index (χ0v) is 14.2. The van der Waals surface area contributed by atoms with Gasteiger partial charge < -0.3 is 9.68 Å². The summed E-state index contributed by atoms with van der Waals surface area (Å²) in [6, 6.07) is 0. The van der Waals surface area contributed by atoms with E-state index >= 15 is 0 Å². The minimum Gasteiger partial charge on any atom is -0.333 e. The molecule has 5 heteroatoms. The molecule has 0 saturated heterocycles. The number of carbonyl (C=O) groups is 2. The van der Waals surface area contributed by atoms with E-state index < -0.39 is 11.9 Å². The van der Waals surface area contributed by atoms with E-state index in [1.807, 2.05) is 41.5 Å². The largest absolute Gasteiger partial charge is 0.333 e. The van der Waals surface area contributed by atoms with Crippen LogP contribution >= 0.6 is 0 Å². The second kappa shape index (κ2) is 6.57. The predicted molar refractivity (Wildman–Crippen MR) is 77.2 cm³/mol. The highest BCUT2D eigenvalue weighted by Crippen LogP contribution is 2.28. The molecule has 2 unspecified atom stereocenters. The number of hydroxylamine groups is 2. The first-order chi connectivity index (χ1) is 8.76. The van der Waals surface area contributed by atoms with Crippen LogP contribution in [0.5, 0.6) is 0 Å². The van der Waals surface area contributed by atoms with Crippen molar-refractivity contribution < 1.29 is 19.3 Å². The van der Waals surface area contributed by atoms with Crippen molar-refractivity contribution in [3.63, 3.8) is 0 Å². The minimum atomic E-state index is -0.420. The van der Waals surface area contributed by atoms with E-state index in [1.165, 1.54) is 7.05 Å². The highest BCUT2D eigenvalue weighted by Gasteiger charge is 2.32. The van der Waals surface area contributed by atoms with Crippen molar-refractivity contribution in [3.05, 3.63) is 0 Å². The van der Waals surface area contributed by atoms with Crippen LogP contribution in [0.4, 0.5) is 0 Å². The topological polar surface area (TPSA) is 55.8 Å². The summed E-state index contributed by atoms with van der Waals surface area (Å²) >= 11 is 0. The molecule has 0 N–H and O–H groups in total. The van der Waals surface area contributed by atoms with Gasteiger partial charge in [-0.15, -0.1) is 0 Å². The van der Waals surface area contributed by atoms with Crippen molar-refractivity contribution in [2.75, 3.05) is 7.05 Å². The zero-order chi connectivity index (χ0) is 16.3. The van der Waals surface area contributed by atoms with Gasteiger partial charge in [0.05, 0.1) is 18.9 Å². The molecule has 0 bridgehead atoms. The molecule has 0 radical (unpaired) electrons. The second-order valence-electron chi connectivity index (χ2n) is 7.44. The van der Waals surface area contributed by atoms with Crippen LogP contribution in [-0.4, -0.2) is 24.2 Å². The lowest BCUT2D eigenvalue weighted by molar-refractivity contribution is -0.317. The van der Waals surface area contributed by atoms with E-state index in [0.29, 0.717) is 0 Å². The number of nitrogens with zero attached hydrogens (tertiary/aromatic N) is 1. The molecular formula is C15H29NO4. The first-order valence-corrected chi connectivity index (χ1v) is 6.94. The Balaban J connectivity index is 4.48. The van der Waals surface area contributed by atoms with E-state index in [-0.39, 0.29) is 22.7 Å². The number of rotatable bonds is 4. The van der Waals surface area contributed by atoms with Crippen LogP contribution in [0.25, 0.3) is 0 Å². The van der Waals surface area contributed by atoms with Gasteiger partial charge in [0.1, 0.15) is 0 Å². The van der Waals surface area contributed by atoms with Crippen LogP contribution in [-0.2, 0) is 19.3 Å². The third-order valence-electron chi connectivity index (χ3n) is 3.74. The third-order valence-corrected chi connectivity index (χ3v) is 3.74. The summed E-state index contributed by atoms with van der Waals surface area (Å²) in [5.41, 5.74) is -0.415. The minimum absolute atomic E-state index is 0.208. The van der Waals surface area contributed by atoms with Crippen molar-refractivity contribution in [1.82, 2.24) is 5.23 Å². The van der Waals surface area contributed by atoms with Crippen molar-refractivity contribution in [1.29, 1.82) is 0 Å². The molecule has 0 aliphatic heterocycles. The van der Waals surface area contributed by atoms with Gasteiger partial charge >= 0.3 is 11.9 Å². The summed E-state index contributed by atoms with van der Waals surface area (Å²) in [6.45, 7) is 15.3. The zero-order valence-electron chi connectivity index (χ0n) is 14.2. The SMILES string of the molecule is CC(C(=O)ON(C)OC(=O)C(C)C(C)(C)C)C(C)(C)C. The summed E-state index contributed by atoms with van der Waals surface area (Å²) in [7, 11) is 1.40. The van der Waals surface area contributed by atoms with Gasteiger partial charge in [-0.3, -0.25) is 0 Å². The third kappa shape index (κ3) is 5.90. The second-order valence-corrected chi connectivity index (χ2v) is 7.44. The molecule has 0 rings (SSSR count). The Labute approximate surface area is 122 Å². The summed E-state index contributed by atoms with van der Waals surface area (Å²) < 4.78 is 0. The summed E-state index contributed by atoms with van der Waals surface area (Å²) in [6.07, 6.45) is 0. The fourth-order valence-electron chi connectivity index (χ4n) is 1.14. The molecule has 5 nitrogen and oxygen atoms in total. The van der Waals surface area contributed by atoms with Crippen molar-refractivity contribution in [2.24, 2.45) is 22.7 Å². The smallest absolute Gasteiger partial charge is 0.332 e. The first kappa shape index (κ1) is 18.9. The average Bonchev–Trinajstić information content (AvgIpc) is 2.23. The van der Waals surface area contributed by atoms with E-state index in [1.54, 1.807) is 13.8 Å². The van der Waals surface area contributed by atoms with Crippen LogP contribution in [0.2, 0.25) is 0 Å². The van der Waals surface area contributed by atoms with Gasteiger partial charge in [-0.2, -0.15) is 0 Å². The van der Waals surface area contributed by atoms with Crippen molar-refractivity contribution in [2.45, 2.75) is 55.4 Å². The van der Waals surface area contributed by atoms with Gasteiger partial charge in [-0.25, -0.2) is 9.59 Å². The van der Waals surface area contributed by atoms with E-state index in [0.717, 1.165) is 5.23 Å². The van der Waals surface area contributed by atoms with Crippen LogP contribution in [0.15, 0.2) is 0 Å². The molecule has 118 valence electrons. The quantitative estimate of drug-likeness (QED) is 0.743. The maximum atomic E-state index is 11.9. The van der Waals surface area contributed by atoms with Crippen LogP contribution in [0.3, 0.4) is 0 Å². The molecule has 0 aliphatic rings. The number of hydrogen-bond donors (Lipinski definition) is 0. The molecule has 0 saturated carbocycles. The molecule has 0 amide bonds. The maximum Gasteiger partial charge on any atom is 0.332 e. The average molecular weight is 287 g/mol. The molecule has 0 aromatic heterocycles. The highest BCUT2D eigenvalue weighted by atomic mass is 17.0. The normalized spacial score (nSPS) is 15.7. The van der Waals surface area contributed by atoms with Gasteiger partial charge in [-0.05, 0) is 10.8 Å². The first-order valence-electron chi connectivity index (χ1n) is 6.94. The maximum absolute atomic E-state index is 11.9. The van der Waals surface area contributed by atoms with Crippen molar-refractivity contribution >= 4 is 11.9 Å². The summed E-state index contributed by atoms with van der Waals surface area (Å²) in [5.74, 6) is -1.44. The Morgan fingerprint density at radius 2 is 1.05 bits per heavy atom. The molecule has 20 heavy (non-hydrogen) atoms. The molecule has 0 spiro atoms. The Morgan fingerprint density at radius 1 is 0.800 bits per heavy atom. The van der Waals surface area contributed by atoms with Gasteiger partial charge in [0.15, 0.2) is 0 Å². The lowest BCUT2D eigenvalue weighted by atomic mass is 9.82. The Hall–Kier alpha value is -1.10. The van der Waals surface area contributed by atoms with Gasteiger partial charge in [-0.1, -0.05) is 55.4 Å². The Kier molecular flexibility index (Phi) is 6.21. The Bertz CT molecular complexity index is 318. The monoisotopic (exact) mass is 287 g/mol. The van der Waals surface area contributed by atoms with Crippen LogP contribution in [0.1, 0.15) is 55.4 Å². The molecular weight excluding hydrogens is 258 g/mol. The van der Waals surface area contributed by atoms with E-state index in [9.17, 15) is 9.59 Å². The fraction of sp³-hybridized carbons (Fsp3) is 0.867. The fourth-order valence-corrected chi connectivity index (χ4v) is 1.14. The number of hydrogen-bond acceptors (Lipinski definition) is 5. The van der Waals surface area contributed by atoms with E-state index in [4.69, 9.17) is 9.68 Å². The predicted octanol–water partition coefficient (Wildman–Crippen LogP) is 3.20. The summed E-state index contributed by atoms with van der Waals surface area (Å²) in [4.78, 5) is 33.8. The van der Waals surface area contributed by atoms with Gasteiger partial charge in [0, 0.05) is 5.23 Å². The van der Waals surface area contributed by atoms with Crippen molar-refractivity contribution in [3.8, 4) is 0 Å².